The first-order chi connectivity index (χ1) is 49.9. The van der Waals surface area contributed by atoms with Crippen molar-refractivity contribution >= 4 is 66.2 Å². The Bertz CT molecular complexity index is 3660. The number of hydrogen-bond acceptors (Lipinski definition) is 0. The Hall–Kier alpha value is -5.99. The summed E-state index contributed by atoms with van der Waals surface area (Å²) in [5.41, 5.74) is 16.9. The van der Waals surface area contributed by atoms with E-state index in [0.29, 0.717) is 0 Å². The second-order valence-electron chi connectivity index (χ2n) is 31.3. The van der Waals surface area contributed by atoms with Crippen LogP contribution in [0.15, 0.2) is 194 Å². The highest BCUT2D eigenvalue weighted by Crippen LogP contribution is 2.54. The van der Waals surface area contributed by atoms with Crippen molar-refractivity contribution in [3.8, 4) is 44.5 Å². The minimum absolute atomic E-state index is 1.28. The lowest BCUT2D eigenvalue weighted by Crippen LogP contribution is -2.82. The van der Waals surface area contributed by atoms with E-state index in [2.05, 4.69) is 244 Å². The van der Waals surface area contributed by atoms with Crippen LogP contribution < -0.4 is 0 Å². The number of para-hydroxylation sites is 2. The lowest BCUT2D eigenvalue weighted by atomic mass is 9.99. The third-order valence-electron chi connectivity index (χ3n) is 24.3. The molecule has 540 valence electrons. The Balaban J connectivity index is 1.33. The predicted octanol–water partition coefficient (Wildman–Crippen LogP) is 31.6. The lowest BCUT2D eigenvalue weighted by molar-refractivity contribution is 0.608. The highest BCUT2D eigenvalue weighted by atomic mass is 29.6. The molecular formula is C96H134N2Si3. The van der Waals surface area contributed by atoms with Crippen LogP contribution in [0, 0.1) is 0 Å². The van der Waals surface area contributed by atoms with Crippen LogP contribution in [-0.2, 0) is 0 Å². The SMILES string of the molecule is CCCCCCCC[Si](CCCCCCCC)(n1c2ccccc2c2cc(-c3ccc(-c4ccccc4)cc3)ccc21)[Si](CCCCCCCC)(CCCCCCCC)[Si](CCCCCCCC)(CCCCCCCC)n1c2ccccc2c2cc(-c3ccc(-c4ccccc4)cc3)ccc21. The van der Waals surface area contributed by atoms with Gasteiger partial charge in [0.2, 0.25) is 0 Å². The minimum atomic E-state index is -2.79. The Morgan fingerprint density at radius 2 is 0.406 bits per heavy atom. The van der Waals surface area contributed by atoms with Gasteiger partial charge in [-0.3, -0.25) is 0 Å². The van der Waals surface area contributed by atoms with Gasteiger partial charge in [-0.1, -0.05) is 443 Å². The van der Waals surface area contributed by atoms with Gasteiger partial charge in [0.15, 0.2) is 15.5 Å². The molecule has 2 heterocycles. The van der Waals surface area contributed by atoms with Crippen LogP contribution in [0.4, 0.5) is 0 Å². The summed E-state index contributed by atoms with van der Waals surface area (Å²) in [6.07, 6.45) is 49.1. The van der Waals surface area contributed by atoms with Crippen LogP contribution in [0.3, 0.4) is 0 Å². The van der Waals surface area contributed by atoms with E-state index < -0.39 is 22.6 Å². The molecular weight excluding hydrogens is 1270 g/mol. The van der Waals surface area contributed by atoms with E-state index >= 15 is 0 Å². The summed E-state index contributed by atoms with van der Waals surface area (Å²) in [6, 6.07) is 86.4. The first-order valence-electron chi connectivity index (χ1n) is 42.3. The monoisotopic (exact) mass is 1400 g/mol. The smallest absolute Gasteiger partial charge is 0.151 e. The van der Waals surface area contributed by atoms with Gasteiger partial charge in [-0.2, -0.15) is 0 Å². The zero-order valence-corrected chi connectivity index (χ0v) is 67.6. The Labute approximate surface area is 618 Å². The van der Waals surface area contributed by atoms with Gasteiger partial charge in [0.25, 0.3) is 0 Å². The van der Waals surface area contributed by atoms with Gasteiger partial charge < -0.3 is 8.47 Å². The van der Waals surface area contributed by atoms with Gasteiger partial charge in [-0.05, 0) is 105 Å². The fourth-order valence-corrected chi connectivity index (χ4v) is 70.3. The molecule has 0 radical (unpaired) electrons. The summed E-state index contributed by atoms with van der Waals surface area (Å²) >= 11 is 0. The molecule has 10 rings (SSSR count). The summed E-state index contributed by atoms with van der Waals surface area (Å²) in [7, 11) is -8.27. The number of benzene rings is 8. The molecule has 0 N–H and O–H groups in total. The molecule has 10 aromatic rings. The molecule has 0 aliphatic rings. The number of hydrogen-bond donors (Lipinski definition) is 0. The molecule has 0 amide bonds. The van der Waals surface area contributed by atoms with E-state index in [0.717, 1.165) is 0 Å². The quantitative estimate of drug-likeness (QED) is 0.0266. The molecule has 0 atom stereocenters. The van der Waals surface area contributed by atoms with Crippen molar-refractivity contribution in [2.75, 3.05) is 0 Å². The average molecular weight is 1400 g/mol. The van der Waals surface area contributed by atoms with Crippen molar-refractivity contribution in [2.45, 2.75) is 309 Å². The number of unbranched alkanes of at least 4 members (excludes halogenated alkanes) is 30. The Morgan fingerprint density at radius 1 is 0.188 bits per heavy atom. The van der Waals surface area contributed by atoms with Crippen LogP contribution in [0.5, 0.6) is 0 Å². The van der Waals surface area contributed by atoms with Gasteiger partial charge in [0.1, 0.15) is 0 Å². The lowest BCUT2D eigenvalue weighted by Gasteiger charge is -2.60. The topological polar surface area (TPSA) is 9.86 Å². The van der Waals surface area contributed by atoms with Gasteiger partial charge in [-0.15, -0.1) is 0 Å². The summed E-state index contributed by atoms with van der Waals surface area (Å²) in [4.78, 5) is 0. The van der Waals surface area contributed by atoms with Crippen LogP contribution in [-0.4, -0.2) is 31.1 Å². The van der Waals surface area contributed by atoms with Crippen molar-refractivity contribution in [1.29, 1.82) is 0 Å². The van der Waals surface area contributed by atoms with Crippen molar-refractivity contribution in [1.82, 2.24) is 8.47 Å². The number of fused-ring (bicyclic) bond motifs is 6. The summed E-state index contributed by atoms with van der Waals surface area (Å²) in [5.74, 6) is 0. The molecule has 8 aromatic carbocycles. The molecule has 0 bridgehead atoms. The van der Waals surface area contributed by atoms with E-state index in [4.69, 9.17) is 0 Å². The van der Waals surface area contributed by atoms with Crippen molar-refractivity contribution in [3.63, 3.8) is 0 Å². The van der Waals surface area contributed by atoms with E-state index in [9.17, 15) is 0 Å². The molecule has 0 unspecified atom stereocenters. The third-order valence-corrected chi connectivity index (χ3v) is 64.1. The Kier molecular flexibility index (Phi) is 31.9. The van der Waals surface area contributed by atoms with E-state index in [1.807, 2.05) is 0 Å². The highest BCUT2D eigenvalue weighted by molar-refractivity contribution is 7.69. The van der Waals surface area contributed by atoms with Crippen LogP contribution in [0.2, 0.25) is 36.3 Å². The van der Waals surface area contributed by atoms with Gasteiger partial charge in [0.05, 0.1) is 7.11 Å². The number of rotatable bonds is 50. The molecule has 2 aromatic heterocycles. The fourth-order valence-electron chi connectivity index (χ4n) is 19.0. The molecule has 101 heavy (non-hydrogen) atoms. The largest absolute Gasteiger partial charge is 0.370 e. The molecule has 0 spiro atoms. The van der Waals surface area contributed by atoms with Crippen LogP contribution >= 0.6 is 0 Å². The average Bonchev–Trinajstić information content (AvgIpc) is 1.62. The van der Waals surface area contributed by atoms with Crippen molar-refractivity contribution in [2.24, 2.45) is 0 Å². The highest BCUT2D eigenvalue weighted by Gasteiger charge is 2.68. The zero-order chi connectivity index (χ0) is 70.2. The number of nitrogens with zero attached hydrogens (tertiary/aromatic N) is 2. The maximum absolute atomic E-state index is 3.48. The summed E-state index contributed by atoms with van der Waals surface area (Å²) in [6.45, 7) is 14.6. The van der Waals surface area contributed by atoms with Gasteiger partial charge >= 0.3 is 0 Å². The third kappa shape index (κ3) is 19.5. The van der Waals surface area contributed by atoms with Crippen molar-refractivity contribution in [3.05, 3.63) is 194 Å². The minimum Gasteiger partial charge on any atom is -0.370 e. The van der Waals surface area contributed by atoms with Crippen LogP contribution in [0.25, 0.3) is 88.1 Å². The zero-order valence-electron chi connectivity index (χ0n) is 64.6. The maximum atomic E-state index is 3.48. The van der Waals surface area contributed by atoms with Crippen molar-refractivity contribution < 1.29 is 0 Å². The second kappa shape index (κ2) is 41.5. The standard InChI is InChI=1S/C96H134N2Si3/c1-7-13-19-25-31-47-73-99(74-48-32-26-20-14-8-2,97-93-59-45-43-57-89(93)91-79-87(69-71-95(91)97)85-65-61-83(62-66-85)81-53-39-37-40-54-81)101(77-51-35-29-23-17-11-5,78-52-36-30-24-18-12-6)100(75-49-33-27-21-15-9-3,76-50-34-28-22-16-10-4)98-94-60-46-44-58-90(94)92-80-88(70-72-96(92)98)86-67-63-84(64-68-86)82-55-41-38-42-56-82/h37-46,53-72,79-80H,7-36,47-52,73-78H2,1-6H3. The summed E-state index contributed by atoms with van der Waals surface area (Å²) < 4.78 is 6.96. The normalized spacial score (nSPS) is 12.3. The molecule has 0 aliphatic carbocycles. The van der Waals surface area contributed by atoms with E-state index in [-0.39, 0.29) is 0 Å². The molecule has 0 saturated carbocycles. The second-order valence-corrected chi connectivity index (χ2v) is 54.3. The van der Waals surface area contributed by atoms with Gasteiger partial charge in [0, 0.05) is 43.6 Å². The van der Waals surface area contributed by atoms with E-state index in [1.54, 1.807) is 22.1 Å². The molecule has 0 saturated heterocycles. The fraction of sp³-hybridized carbons (Fsp3) is 0.500. The molecule has 0 fully saturated rings. The maximum Gasteiger partial charge on any atom is 0.151 e. The predicted molar refractivity (Wildman–Crippen MR) is 458 cm³/mol. The molecule has 2 nitrogen and oxygen atoms in total. The van der Waals surface area contributed by atoms with Crippen LogP contribution in [0.1, 0.15) is 273 Å². The Morgan fingerprint density at radius 3 is 0.703 bits per heavy atom. The van der Waals surface area contributed by atoms with E-state index in [1.165, 1.54) is 333 Å². The summed E-state index contributed by atoms with van der Waals surface area (Å²) in [5, 5.41) is 6.04. The first kappa shape index (κ1) is 77.6. The first-order valence-corrected chi connectivity index (χ1v) is 51.4. The van der Waals surface area contributed by atoms with Gasteiger partial charge in [-0.25, -0.2) is 0 Å². The molecule has 5 heteroatoms. The molecule has 0 aliphatic heterocycles. The number of aromatic nitrogens is 2.